The zero-order valence-corrected chi connectivity index (χ0v) is 11.6. The maximum absolute atomic E-state index is 12.2. The average Bonchev–Trinajstić information content (AvgIpc) is 3.03. The molecule has 0 saturated heterocycles. The molecule has 2 heterocycles. The molecule has 7 heteroatoms. The molecule has 0 radical (unpaired) electrons. The fourth-order valence-electron chi connectivity index (χ4n) is 2.16. The maximum Gasteiger partial charge on any atom is 0.354 e. The van der Waals surface area contributed by atoms with E-state index < -0.39 is 5.69 Å². The Hall–Kier alpha value is -3.22. The number of hydrogen-bond acceptors (Lipinski definition) is 5. The van der Waals surface area contributed by atoms with Crippen LogP contribution in [0.4, 0.5) is 5.82 Å². The summed E-state index contributed by atoms with van der Waals surface area (Å²) in [5.74, 6) is 0.0228. The molecule has 0 spiro atoms. The van der Waals surface area contributed by atoms with Crippen molar-refractivity contribution in [3.05, 3.63) is 71.3 Å². The lowest BCUT2D eigenvalue weighted by Crippen LogP contribution is -2.23. The van der Waals surface area contributed by atoms with Gasteiger partial charge in [-0.3, -0.25) is 13.9 Å². The van der Waals surface area contributed by atoms with Crippen LogP contribution in [0.3, 0.4) is 0 Å². The third-order valence-corrected chi connectivity index (χ3v) is 3.21. The maximum atomic E-state index is 12.2. The van der Waals surface area contributed by atoms with Gasteiger partial charge in [-0.05, 0) is 17.7 Å². The quantitative estimate of drug-likeness (QED) is 0.774. The van der Waals surface area contributed by atoms with Crippen LogP contribution in [0.25, 0.3) is 5.69 Å². The summed E-state index contributed by atoms with van der Waals surface area (Å²) in [7, 11) is 0. The molecule has 0 aliphatic rings. The van der Waals surface area contributed by atoms with Gasteiger partial charge in [0, 0.05) is 18.6 Å². The normalized spacial score (nSPS) is 10.5. The molecular weight excluding hydrogens is 282 g/mol. The number of anilines is 1. The molecule has 3 rings (SSSR count). The molecule has 0 unspecified atom stereocenters. The second-order valence-electron chi connectivity index (χ2n) is 4.67. The Morgan fingerprint density at radius 2 is 2.00 bits per heavy atom. The van der Waals surface area contributed by atoms with E-state index in [0.29, 0.717) is 5.69 Å². The van der Waals surface area contributed by atoms with Crippen molar-refractivity contribution in [3.8, 4) is 5.69 Å². The van der Waals surface area contributed by atoms with Crippen molar-refractivity contribution in [1.82, 2.24) is 19.1 Å². The first-order chi connectivity index (χ1) is 10.6. The Morgan fingerprint density at radius 3 is 2.73 bits per heavy atom. The molecule has 110 valence electrons. The number of carbonyl (C=O) groups excluding carboxylic acids is 1. The summed E-state index contributed by atoms with van der Waals surface area (Å²) in [6.45, 7) is 0. The number of nitrogen functional groups attached to an aromatic ring is 1. The average molecular weight is 295 g/mol. The summed E-state index contributed by atoms with van der Waals surface area (Å²) in [5.41, 5.74) is 6.34. The minimum atomic E-state index is -0.484. The standard InChI is InChI=1S/C15H13N5O2/c16-13-5-7-20(15(22)18-13)12-4-2-1-3-11(12)9-14(21)19-8-6-17-10-19/h1-8,10H,9H2,(H2,16,18,22). The summed E-state index contributed by atoms with van der Waals surface area (Å²) in [4.78, 5) is 31.7. The molecule has 0 amide bonds. The molecule has 0 bridgehead atoms. The predicted molar refractivity (Wildman–Crippen MR) is 80.8 cm³/mol. The molecule has 22 heavy (non-hydrogen) atoms. The number of nitrogens with two attached hydrogens (primary N) is 1. The molecule has 0 saturated carbocycles. The Balaban J connectivity index is 2.00. The van der Waals surface area contributed by atoms with Crippen molar-refractivity contribution < 1.29 is 4.79 Å². The van der Waals surface area contributed by atoms with Crippen molar-refractivity contribution in [3.63, 3.8) is 0 Å². The van der Waals surface area contributed by atoms with Gasteiger partial charge in [-0.2, -0.15) is 4.98 Å². The van der Waals surface area contributed by atoms with E-state index in [2.05, 4.69) is 9.97 Å². The van der Waals surface area contributed by atoms with Crippen LogP contribution in [-0.2, 0) is 6.42 Å². The minimum Gasteiger partial charge on any atom is -0.383 e. The second-order valence-corrected chi connectivity index (χ2v) is 4.67. The van der Waals surface area contributed by atoms with Crippen molar-refractivity contribution in [1.29, 1.82) is 0 Å². The number of hydrogen-bond donors (Lipinski definition) is 1. The van der Waals surface area contributed by atoms with Crippen LogP contribution in [0.15, 0.2) is 60.0 Å². The van der Waals surface area contributed by atoms with Gasteiger partial charge in [0.05, 0.1) is 12.1 Å². The highest BCUT2D eigenvalue weighted by Crippen LogP contribution is 2.14. The molecule has 2 aromatic heterocycles. The second kappa shape index (κ2) is 5.65. The highest BCUT2D eigenvalue weighted by atomic mass is 16.2. The van der Waals surface area contributed by atoms with Crippen LogP contribution in [0.1, 0.15) is 10.4 Å². The van der Waals surface area contributed by atoms with Gasteiger partial charge >= 0.3 is 5.69 Å². The third kappa shape index (κ3) is 2.64. The van der Waals surface area contributed by atoms with Gasteiger partial charge in [0.15, 0.2) is 0 Å². The summed E-state index contributed by atoms with van der Waals surface area (Å²) in [6.07, 6.45) is 6.26. The first-order valence-corrected chi connectivity index (χ1v) is 6.60. The summed E-state index contributed by atoms with van der Waals surface area (Å²) in [6, 6.07) is 8.71. The van der Waals surface area contributed by atoms with Gasteiger partial charge in [0.1, 0.15) is 12.1 Å². The van der Waals surface area contributed by atoms with Crippen molar-refractivity contribution >= 4 is 11.7 Å². The van der Waals surface area contributed by atoms with Gasteiger partial charge in [-0.25, -0.2) is 9.78 Å². The first kappa shape index (κ1) is 13.7. The summed E-state index contributed by atoms with van der Waals surface area (Å²) in [5, 5.41) is 0. The van der Waals surface area contributed by atoms with Crippen molar-refractivity contribution in [2.24, 2.45) is 0 Å². The lowest BCUT2D eigenvalue weighted by molar-refractivity contribution is 0.0914. The van der Waals surface area contributed by atoms with Gasteiger partial charge in [0.2, 0.25) is 5.91 Å². The Bertz CT molecular complexity index is 868. The molecule has 7 nitrogen and oxygen atoms in total. The number of para-hydroxylation sites is 1. The summed E-state index contributed by atoms with van der Waals surface area (Å²) < 4.78 is 2.77. The molecule has 0 aliphatic carbocycles. The fraction of sp³-hybridized carbons (Fsp3) is 0.0667. The first-order valence-electron chi connectivity index (χ1n) is 6.60. The minimum absolute atomic E-state index is 0.138. The highest BCUT2D eigenvalue weighted by Gasteiger charge is 2.11. The largest absolute Gasteiger partial charge is 0.383 e. The van der Waals surface area contributed by atoms with E-state index in [1.54, 1.807) is 30.6 Å². The van der Waals surface area contributed by atoms with E-state index >= 15 is 0 Å². The van der Waals surface area contributed by atoms with Crippen LogP contribution in [-0.4, -0.2) is 25.0 Å². The lowest BCUT2D eigenvalue weighted by Gasteiger charge is -2.11. The smallest absolute Gasteiger partial charge is 0.354 e. The molecule has 1 aromatic carbocycles. The topological polar surface area (TPSA) is 95.8 Å². The number of rotatable bonds is 3. The van der Waals surface area contributed by atoms with Crippen molar-refractivity contribution in [2.45, 2.75) is 6.42 Å². The van der Waals surface area contributed by atoms with Gasteiger partial charge in [0.25, 0.3) is 0 Å². The van der Waals surface area contributed by atoms with E-state index in [0.717, 1.165) is 5.56 Å². The van der Waals surface area contributed by atoms with E-state index in [9.17, 15) is 9.59 Å². The Kier molecular flexibility index (Phi) is 3.53. The number of aromatic nitrogens is 4. The van der Waals surface area contributed by atoms with Crippen LogP contribution < -0.4 is 11.4 Å². The fourth-order valence-corrected chi connectivity index (χ4v) is 2.16. The van der Waals surface area contributed by atoms with Crippen LogP contribution in [0.2, 0.25) is 0 Å². The molecule has 3 aromatic rings. The van der Waals surface area contributed by atoms with E-state index in [1.165, 1.54) is 27.7 Å². The zero-order chi connectivity index (χ0) is 15.5. The number of benzene rings is 1. The zero-order valence-electron chi connectivity index (χ0n) is 11.6. The highest BCUT2D eigenvalue weighted by molar-refractivity contribution is 5.82. The SMILES string of the molecule is Nc1ccn(-c2ccccc2CC(=O)n2ccnc2)c(=O)n1. The third-order valence-electron chi connectivity index (χ3n) is 3.21. The monoisotopic (exact) mass is 295 g/mol. The molecular formula is C15H13N5O2. The van der Waals surface area contributed by atoms with Crippen LogP contribution >= 0.6 is 0 Å². The van der Waals surface area contributed by atoms with Crippen molar-refractivity contribution in [2.75, 3.05) is 5.73 Å². The number of nitrogens with zero attached hydrogens (tertiary/aromatic N) is 4. The van der Waals surface area contributed by atoms with E-state index in [1.807, 2.05) is 6.07 Å². The van der Waals surface area contributed by atoms with E-state index in [4.69, 9.17) is 5.73 Å². The van der Waals surface area contributed by atoms with Gasteiger partial charge in [-0.15, -0.1) is 0 Å². The Labute approximate surface area is 125 Å². The number of imidazole rings is 1. The van der Waals surface area contributed by atoms with E-state index in [-0.39, 0.29) is 18.1 Å². The van der Waals surface area contributed by atoms with Gasteiger partial charge < -0.3 is 5.73 Å². The molecule has 2 N–H and O–H groups in total. The van der Waals surface area contributed by atoms with Gasteiger partial charge in [-0.1, -0.05) is 18.2 Å². The predicted octanol–water partition coefficient (Wildman–Crippen LogP) is 0.894. The van der Waals surface area contributed by atoms with Crippen LogP contribution in [0.5, 0.6) is 0 Å². The number of carbonyl (C=O) groups is 1. The molecule has 0 fully saturated rings. The molecule has 0 atom stereocenters. The lowest BCUT2D eigenvalue weighted by atomic mass is 10.1. The Morgan fingerprint density at radius 1 is 1.18 bits per heavy atom. The summed E-state index contributed by atoms with van der Waals surface area (Å²) >= 11 is 0. The van der Waals surface area contributed by atoms with Crippen LogP contribution in [0, 0.1) is 0 Å². The molecule has 0 aliphatic heterocycles.